The third kappa shape index (κ3) is 3.77. The van der Waals surface area contributed by atoms with E-state index < -0.39 is 6.18 Å². The van der Waals surface area contributed by atoms with Crippen LogP contribution in [0.5, 0.6) is 0 Å². The van der Waals surface area contributed by atoms with E-state index in [0.29, 0.717) is 16.3 Å². The monoisotopic (exact) mass is 249 g/mol. The number of rotatable bonds is 2. The fraction of sp³-hybridized carbons (Fsp3) is 0.273. The summed E-state index contributed by atoms with van der Waals surface area (Å²) in [7, 11) is 3.49. The van der Waals surface area contributed by atoms with Gasteiger partial charge in [0.2, 0.25) is 0 Å². The molecule has 0 aromatic heterocycles. The Kier molecular flexibility index (Phi) is 3.86. The standard InChI is InChI=1S/C11H11ClF3N/c1-16(2)10-7-9(12)4-3-8(10)5-6-11(13,14)15/h3-7H,1-2H3/b6-5-. The number of halogens is 4. The Labute approximate surface area is 97.1 Å². The Balaban J connectivity index is 3.09. The number of nitrogens with zero attached hydrogens (tertiary/aromatic N) is 1. The van der Waals surface area contributed by atoms with Gasteiger partial charge in [-0.15, -0.1) is 0 Å². The van der Waals surface area contributed by atoms with Crippen LogP contribution in [0.15, 0.2) is 24.3 Å². The van der Waals surface area contributed by atoms with Gasteiger partial charge in [0.05, 0.1) is 0 Å². The first kappa shape index (κ1) is 12.9. The number of alkyl halides is 3. The number of hydrogen-bond donors (Lipinski definition) is 0. The maximum absolute atomic E-state index is 12.0. The second-order valence-corrected chi connectivity index (χ2v) is 3.91. The van der Waals surface area contributed by atoms with E-state index in [0.717, 1.165) is 6.08 Å². The van der Waals surface area contributed by atoms with E-state index in [1.165, 1.54) is 0 Å². The van der Waals surface area contributed by atoms with Crippen LogP contribution in [0.3, 0.4) is 0 Å². The maximum Gasteiger partial charge on any atom is 0.409 e. The van der Waals surface area contributed by atoms with E-state index in [9.17, 15) is 13.2 Å². The summed E-state index contributed by atoms with van der Waals surface area (Å²) >= 11 is 5.78. The van der Waals surface area contributed by atoms with E-state index in [1.54, 1.807) is 37.2 Å². The van der Waals surface area contributed by atoms with Crippen LogP contribution in [0, 0.1) is 0 Å². The molecule has 0 amide bonds. The molecule has 0 N–H and O–H groups in total. The molecule has 16 heavy (non-hydrogen) atoms. The third-order valence-corrected chi connectivity index (χ3v) is 2.16. The number of anilines is 1. The first-order valence-corrected chi connectivity index (χ1v) is 4.90. The van der Waals surface area contributed by atoms with Gasteiger partial charge in [-0.3, -0.25) is 0 Å². The maximum atomic E-state index is 12.0. The van der Waals surface area contributed by atoms with Crippen molar-refractivity contribution in [3.8, 4) is 0 Å². The lowest BCUT2D eigenvalue weighted by Crippen LogP contribution is -2.10. The second kappa shape index (κ2) is 4.78. The van der Waals surface area contributed by atoms with Crippen LogP contribution in [0.4, 0.5) is 18.9 Å². The molecule has 0 aliphatic heterocycles. The van der Waals surface area contributed by atoms with Crippen LogP contribution in [-0.4, -0.2) is 20.3 Å². The van der Waals surface area contributed by atoms with Crippen molar-refractivity contribution < 1.29 is 13.2 Å². The number of allylic oxidation sites excluding steroid dienone is 1. The number of hydrogen-bond acceptors (Lipinski definition) is 1. The van der Waals surface area contributed by atoms with E-state index in [4.69, 9.17) is 11.6 Å². The fourth-order valence-corrected chi connectivity index (χ4v) is 1.40. The van der Waals surface area contributed by atoms with E-state index in [-0.39, 0.29) is 6.08 Å². The minimum Gasteiger partial charge on any atom is -0.377 e. The van der Waals surface area contributed by atoms with Crippen molar-refractivity contribution in [3.05, 3.63) is 34.9 Å². The average Bonchev–Trinajstić information content (AvgIpc) is 2.14. The summed E-state index contributed by atoms with van der Waals surface area (Å²) in [6.07, 6.45) is -3.06. The molecule has 0 unspecified atom stereocenters. The first-order chi connectivity index (χ1) is 7.29. The summed E-state index contributed by atoms with van der Waals surface area (Å²) < 4.78 is 36.1. The number of benzene rings is 1. The highest BCUT2D eigenvalue weighted by atomic mass is 35.5. The summed E-state index contributed by atoms with van der Waals surface area (Å²) in [6.45, 7) is 0. The summed E-state index contributed by atoms with van der Waals surface area (Å²) in [6, 6.07) is 4.74. The molecule has 0 aliphatic carbocycles. The smallest absolute Gasteiger partial charge is 0.377 e. The normalized spacial score (nSPS) is 12.1. The Morgan fingerprint density at radius 2 is 1.88 bits per heavy atom. The Bertz CT molecular complexity index is 397. The molecule has 0 bridgehead atoms. The van der Waals surface area contributed by atoms with Crippen molar-refractivity contribution >= 4 is 23.4 Å². The van der Waals surface area contributed by atoms with Gasteiger partial charge >= 0.3 is 6.18 Å². The largest absolute Gasteiger partial charge is 0.409 e. The molecule has 0 atom stereocenters. The van der Waals surface area contributed by atoms with Gasteiger partial charge in [-0.2, -0.15) is 13.2 Å². The molecule has 1 rings (SSSR count). The Hall–Kier alpha value is -1.16. The minimum atomic E-state index is -4.30. The van der Waals surface area contributed by atoms with Crippen LogP contribution in [0.1, 0.15) is 5.56 Å². The molecular formula is C11H11ClF3N. The van der Waals surface area contributed by atoms with Crippen molar-refractivity contribution in [2.45, 2.75) is 6.18 Å². The van der Waals surface area contributed by atoms with Crippen molar-refractivity contribution in [2.75, 3.05) is 19.0 Å². The second-order valence-electron chi connectivity index (χ2n) is 3.47. The molecule has 0 heterocycles. The zero-order valence-electron chi connectivity index (χ0n) is 8.85. The minimum absolute atomic E-state index is 0.212. The van der Waals surface area contributed by atoms with E-state index in [1.807, 2.05) is 0 Å². The summed E-state index contributed by atoms with van der Waals surface area (Å²) in [5.74, 6) is 0. The lowest BCUT2D eigenvalue weighted by atomic mass is 10.1. The van der Waals surface area contributed by atoms with Gasteiger partial charge in [-0.05, 0) is 23.8 Å². The highest BCUT2D eigenvalue weighted by Crippen LogP contribution is 2.26. The highest BCUT2D eigenvalue weighted by Gasteiger charge is 2.22. The molecule has 0 aliphatic rings. The SMILES string of the molecule is CN(C)c1cc(Cl)ccc1/C=C\C(F)(F)F. The van der Waals surface area contributed by atoms with Crippen LogP contribution in [-0.2, 0) is 0 Å². The lowest BCUT2D eigenvalue weighted by molar-refractivity contribution is -0.0790. The van der Waals surface area contributed by atoms with E-state index in [2.05, 4.69) is 0 Å². The molecule has 5 heteroatoms. The third-order valence-electron chi connectivity index (χ3n) is 1.93. The fourth-order valence-electron chi connectivity index (χ4n) is 1.23. The Morgan fingerprint density at radius 1 is 1.25 bits per heavy atom. The van der Waals surface area contributed by atoms with Gasteiger partial charge in [-0.1, -0.05) is 17.7 Å². The molecule has 88 valence electrons. The molecule has 0 radical (unpaired) electrons. The van der Waals surface area contributed by atoms with Gasteiger partial charge in [0.1, 0.15) is 0 Å². The van der Waals surface area contributed by atoms with Crippen molar-refractivity contribution in [3.63, 3.8) is 0 Å². The topological polar surface area (TPSA) is 3.24 Å². The molecule has 0 spiro atoms. The zero-order chi connectivity index (χ0) is 12.3. The van der Waals surface area contributed by atoms with Crippen LogP contribution < -0.4 is 4.90 Å². The predicted molar refractivity (Wildman–Crippen MR) is 60.9 cm³/mol. The summed E-state index contributed by atoms with van der Waals surface area (Å²) in [5.41, 5.74) is 1.12. The molecule has 0 saturated carbocycles. The molecule has 0 saturated heterocycles. The quantitative estimate of drug-likeness (QED) is 0.766. The predicted octanol–water partition coefficient (Wildman–Crippen LogP) is 3.98. The first-order valence-electron chi connectivity index (χ1n) is 4.52. The van der Waals surface area contributed by atoms with Gasteiger partial charge in [-0.25, -0.2) is 0 Å². The summed E-state index contributed by atoms with van der Waals surface area (Å²) in [5, 5.41) is 0.493. The van der Waals surface area contributed by atoms with Crippen molar-refractivity contribution in [1.82, 2.24) is 0 Å². The Morgan fingerprint density at radius 3 is 2.38 bits per heavy atom. The van der Waals surface area contributed by atoms with Crippen LogP contribution in [0.2, 0.25) is 5.02 Å². The highest BCUT2D eigenvalue weighted by molar-refractivity contribution is 6.30. The van der Waals surface area contributed by atoms with Gasteiger partial charge < -0.3 is 4.90 Å². The van der Waals surface area contributed by atoms with Crippen LogP contribution in [0.25, 0.3) is 6.08 Å². The zero-order valence-corrected chi connectivity index (χ0v) is 9.60. The van der Waals surface area contributed by atoms with Gasteiger partial charge in [0.25, 0.3) is 0 Å². The molecule has 1 aromatic carbocycles. The van der Waals surface area contributed by atoms with E-state index >= 15 is 0 Å². The van der Waals surface area contributed by atoms with Crippen molar-refractivity contribution in [1.29, 1.82) is 0 Å². The molecule has 1 aromatic rings. The van der Waals surface area contributed by atoms with Gasteiger partial charge in [0.15, 0.2) is 0 Å². The van der Waals surface area contributed by atoms with Crippen LogP contribution >= 0.6 is 11.6 Å². The molecular weight excluding hydrogens is 239 g/mol. The van der Waals surface area contributed by atoms with Crippen molar-refractivity contribution in [2.24, 2.45) is 0 Å². The molecule has 1 nitrogen and oxygen atoms in total. The lowest BCUT2D eigenvalue weighted by Gasteiger charge is -2.16. The average molecular weight is 250 g/mol. The molecule has 0 fully saturated rings. The van der Waals surface area contributed by atoms with Gasteiger partial charge in [0, 0.05) is 30.9 Å². The summed E-state index contributed by atoms with van der Waals surface area (Å²) in [4.78, 5) is 1.71.